The van der Waals surface area contributed by atoms with Crippen molar-refractivity contribution in [3.63, 3.8) is 0 Å². The number of halogens is 2. The van der Waals surface area contributed by atoms with Crippen molar-refractivity contribution >= 4 is 35.0 Å². The third-order valence-electron chi connectivity index (χ3n) is 5.22. The fourth-order valence-corrected chi connectivity index (χ4v) is 5.14. The number of ether oxygens (including phenoxy) is 1. The van der Waals surface area contributed by atoms with Gasteiger partial charge in [-0.25, -0.2) is 4.68 Å². The number of benzene rings is 2. The Bertz CT molecular complexity index is 1000. The van der Waals surface area contributed by atoms with Gasteiger partial charge in [-0.1, -0.05) is 77.4 Å². The van der Waals surface area contributed by atoms with E-state index in [1.54, 1.807) is 16.8 Å². The molecule has 5 atom stereocenters. The molecular weight excluding hydrogens is 445 g/mol. The summed E-state index contributed by atoms with van der Waals surface area (Å²) in [6.07, 6.45) is 0.150. The molecule has 2 unspecified atom stereocenters. The van der Waals surface area contributed by atoms with Gasteiger partial charge in [-0.2, -0.15) is 0 Å². The molecule has 0 bridgehead atoms. The smallest absolute Gasteiger partial charge is 0.113 e. The largest absolute Gasteiger partial charge is 0.394 e. The first-order valence-corrected chi connectivity index (χ1v) is 11.1. The van der Waals surface area contributed by atoms with E-state index >= 15 is 0 Å². The standard InChI is InChI=1S/C21H21Cl2N3O3S/c1-12-19(26-10-17(24-25-26)13-5-3-2-4-6-13)20(28)18(11-27)29-21(12)30-14-7-8-15(22)16(23)9-14/h2-10,12,18-21,27-28H,11H2,1H3/t12?,18?,19-,20+,21-/m1/s1. The van der Waals surface area contributed by atoms with Crippen LogP contribution in [0, 0.1) is 5.92 Å². The van der Waals surface area contributed by atoms with Crippen LogP contribution in [-0.2, 0) is 4.74 Å². The van der Waals surface area contributed by atoms with Gasteiger partial charge in [0.25, 0.3) is 0 Å². The maximum absolute atomic E-state index is 10.9. The first kappa shape index (κ1) is 21.6. The maximum atomic E-state index is 10.9. The molecule has 0 aliphatic carbocycles. The van der Waals surface area contributed by atoms with Crippen LogP contribution < -0.4 is 0 Å². The predicted molar refractivity (Wildman–Crippen MR) is 118 cm³/mol. The molecule has 158 valence electrons. The van der Waals surface area contributed by atoms with Crippen LogP contribution in [-0.4, -0.2) is 49.5 Å². The Morgan fingerprint density at radius 2 is 1.90 bits per heavy atom. The van der Waals surface area contributed by atoms with Gasteiger partial charge in [0.2, 0.25) is 0 Å². The Kier molecular flexibility index (Phi) is 6.67. The lowest BCUT2D eigenvalue weighted by molar-refractivity contribution is -0.153. The number of aliphatic hydroxyl groups is 2. The van der Waals surface area contributed by atoms with E-state index < -0.39 is 18.2 Å². The summed E-state index contributed by atoms with van der Waals surface area (Å²) in [5.74, 6) is -0.132. The molecule has 1 aromatic heterocycles. The van der Waals surface area contributed by atoms with Crippen molar-refractivity contribution in [2.75, 3.05) is 6.61 Å². The van der Waals surface area contributed by atoms with E-state index in [1.807, 2.05) is 49.5 Å². The fraction of sp³-hybridized carbons (Fsp3) is 0.333. The summed E-state index contributed by atoms with van der Waals surface area (Å²) >= 11 is 13.6. The average molecular weight is 466 g/mol. The fourth-order valence-electron chi connectivity index (χ4n) is 3.60. The molecule has 4 rings (SSSR count). The van der Waals surface area contributed by atoms with E-state index in [1.165, 1.54) is 11.8 Å². The lowest BCUT2D eigenvalue weighted by atomic mass is 9.91. The molecule has 2 heterocycles. The number of nitrogens with zero attached hydrogens (tertiary/aromatic N) is 3. The molecule has 1 saturated heterocycles. The molecule has 0 saturated carbocycles. The molecule has 1 aliphatic heterocycles. The summed E-state index contributed by atoms with van der Waals surface area (Å²) in [5, 5.41) is 30.1. The third-order valence-corrected chi connectivity index (χ3v) is 7.25. The van der Waals surface area contributed by atoms with E-state index in [2.05, 4.69) is 10.3 Å². The minimum absolute atomic E-state index is 0.132. The van der Waals surface area contributed by atoms with Crippen LogP contribution >= 0.6 is 35.0 Å². The van der Waals surface area contributed by atoms with Gasteiger partial charge in [-0.3, -0.25) is 0 Å². The van der Waals surface area contributed by atoms with E-state index in [0.29, 0.717) is 10.0 Å². The van der Waals surface area contributed by atoms with E-state index in [-0.39, 0.29) is 18.0 Å². The number of hydrogen-bond acceptors (Lipinski definition) is 6. The molecule has 2 N–H and O–H groups in total. The second-order valence-corrected chi connectivity index (χ2v) is 9.20. The molecule has 0 spiro atoms. The summed E-state index contributed by atoms with van der Waals surface area (Å²) in [6, 6.07) is 14.7. The SMILES string of the molecule is CC1[C@@H](Sc2ccc(Cl)c(Cl)c2)OC(CO)[C@H](O)[C@@H]1n1cc(-c2ccccc2)nn1. The van der Waals surface area contributed by atoms with Gasteiger partial charge in [-0.05, 0) is 18.2 Å². The van der Waals surface area contributed by atoms with Crippen LogP contribution in [0.5, 0.6) is 0 Å². The van der Waals surface area contributed by atoms with Gasteiger partial charge in [0, 0.05) is 16.4 Å². The zero-order valence-corrected chi connectivity index (χ0v) is 18.4. The maximum Gasteiger partial charge on any atom is 0.113 e. The number of aromatic nitrogens is 3. The predicted octanol–water partition coefficient (Wildman–Crippen LogP) is 4.30. The Morgan fingerprint density at radius 3 is 2.60 bits per heavy atom. The molecule has 0 amide bonds. The normalized spacial score (nSPS) is 26.6. The lowest BCUT2D eigenvalue weighted by Crippen LogP contribution is -2.51. The van der Waals surface area contributed by atoms with Gasteiger partial charge >= 0.3 is 0 Å². The summed E-state index contributed by atoms with van der Waals surface area (Å²) in [7, 11) is 0. The van der Waals surface area contributed by atoms with Crippen molar-refractivity contribution in [2.24, 2.45) is 5.92 Å². The van der Waals surface area contributed by atoms with Gasteiger partial charge < -0.3 is 14.9 Å². The van der Waals surface area contributed by atoms with Crippen LogP contribution in [0.4, 0.5) is 0 Å². The van der Waals surface area contributed by atoms with Gasteiger partial charge in [0.1, 0.15) is 23.3 Å². The van der Waals surface area contributed by atoms with Gasteiger partial charge in [-0.15, -0.1) is 5.10 Å². The van der Waals surface area contributed by atoms with E-state index in [4.69, 9.17) is 27.9 Å². The van der Waals surface area contributed by atoms with Crippen LogP contribution in [0.25, 0.3) is 11.3 Å². The van der Waals surface area contributed by atoms with Gasteiger partial charge in [0.05, 0.1) is 28.9 Å². The van der Waals surface area contributed by atoms with Crippen molar-refractivity contribution in [1.82, 2.24) is 15.0 Å². The summed E-state index contributed by atoms with van der Waals surface area (Å²) < 4.78 is 7.67. The molecule has 1 fully saturated rings. The monoisotopic (exact) mass is 465 g/mol. The van der Waals surface area contributed by atoms with Crippen LogP contribution in [0.2, 0.25) is 10.0 Å². The Balaban J connectivity index is 1.61. The topological polar surface area (TPSA) is 80.4 Å². The summed E-state index contributed by atoms with van der Waals surface area (Å²) in [5.41, 5.74) is 1.33. The first-order chi connectivity index (χ1) is 14.5. The van der Waals surface area contributed by atoms with E-state index in [9.17, 15) is 10.2 Å². The highest BCUT2D eigenvalue weighted by Crippen LogP contribution is 2.42. The first-order valence-electron chi connectivity index (χ1n) is 9.51. The van der Waals surface area contributed by atoms with Crippen molar-refractivity contribution in [2.45, 2.75) is 35.5 Å². The zero-order chi connectivity index (χ0) is 21.3. The Labute approximate surface area is 188 Å². The summed E-state index contributed by atoms with van der Waals surface area (Å²) in [6.45, 7) is 1.68. The lowest BCUT2D eigenvalue weighted by Gasteiger charge is -2.42. The van der Waals surface area contributed by atoms with Crippen LogP contribution in [0.15, 0.2) is 59.6 Å². The van der Waals surface area contributed by atoms with Crippen molar-refractivity contribution in [3.8, 4) is 11.3 Å². The minimum atomic E-state index is -0.930. The molecule has 3 aromatic rings. The Hall–Kier alpha value is -1.61. The number of hydrogen-bond donors (Lipinski definition) is 2. The molecule has 30 heavy (non-hydrogen) atoms. The highest BCUT2D eigenvalue weighted by atomic mass is 35.5. The molecule has 0 radical (unpaired) electrons. The van der Waals surface area contributed by atoms with Gasteiger partial charge in [0.15, 0.2) is 0 Å². The third kappa shape index (κ3) is 4.37. The molecule has 9 heteroatoms. The Morgan fingerprint density at radius 1 is 1.13 bits per heavy atom. The summed E-state index contributed by atoms with van der Waals surface area (Å²) in [4.78, 5) is 0.886. The van der Waals surface area contributed by atoms with Crippen molar-refractivity contribution in [1.29, 1.82) is 0 Å². The number of thioether (sulfide) groups is 1. The highest BCUT2D eigenvalue weighted by Gasteiger charge is 2.44. The second kappa shape index (κ2) is 9.26. The quantitative estimate of drug-likeness (QED) is 0.584. The average Bonchev–Trinajstić information content (AvgIpc) is 3.23. The minimum Gasteiger partial charge on any atom is -0.394 e. The van der Waals surface area contributed by atoms with Crippen molar-refractivity contribution < 1.29 is 14.9 Å². The number of aliphatic hydroxyl groups excluding tert-OH is 2. The molecule has 2 aromatic carbocycles. The second-order valence-electron chi connectivity index (χ2n) is 7.21. The van der Waals surface area contributed by atoms with Crippen LogP contribution in [0.1, 0.15) is 13.0 Å². The van der Waals surface area contributed by atoms with Crippen LogP contribution in [0.3, 0.4) is 0 Å². The zero-order valence-electron chi connectivity index (χ0n) is 16.1. The highest BCUT2D eigenvalue weighted by molar-refractivity contribution is 7.99. The number of rotatable bonds is 5. The molecular formula is C21H21Cl2N3O3S. The molecule has 1 aliphatic rings. The van der Waals surface area contributed by atoms with E-state index in [0.717, 1.165) is 16.2 Å². The molecule has 6 nitrogen and oxygen atoms in total. The van der Waals surface area contributed by atoms with Crippen molar-refractivity contribution in [3.05, 3.63) is 64.8 Å².